The smallest absolute Gasteiger partial charge is 0.0701 e. The fourth-order valence-electron chi connectivity index (χ4n) is 2.12. The predicted octanol–water partition coefficient (Wildman–Crippen LogP) is -0.304. The van der Waals surface area contributed by atoms with Crippen LogP contribution in [0.5, 0.6) is 0 Å². The van der Waals surface area contributed by atoms with E-state index in [9.17, 15) is 0 Å². The van der Waals surface area contributed by atoms with Gasteiger partial charge in [-0.1, -0.05) is 6.92 Å². The summed E-state index contributed by atoms with van der Waals surface area (Å²) in [6, 6.07) is 1.14. The van der Waals surface area contributed by atoms with E-state index in [-0.39, 0.29) is 0 Å². The molecule has 14 heavy (non-hydrogen) atoms. The first-order valence-corrected chi connectivity index (χ1v) is 5.53. The summed E-state index contributed by atoms with van der Waals surface area (Å²) in [5.41, 5.74) is 0. The third-order valence-electron chi connectivity index (χ3n) is 3.06. The largest absolute Gasteiger partial charge is 0.377 e. The highest BCUT2D eigenvalue weighted by Gasteiger charge is 2.30. The first-order chi connectivity index (χ1) is 6.92. The first-order valence-electron chi connectivity index (χ1n) is 5.53. The van der Waals surface area contributed by atoms with Crippen molar-refractivity contribution in [3.63, 3.8) is 0 Å². The van der Waals surface area contributed by atoms with Crippen LogP contribution in [0.1, 0.15) is 6.92 Å². The Labute approximate surface area is 85.5 Å². The maximum absolute atomic E-state index is 5.52. The van der Waals surface area contributed by atoms with Gasteiger partial charge in [0.1, 0.15) is 0 Å². The van der Waals surface area contributed by atoms with Crippen LogP contribution in [-0.4, -0.2) is 63.0 Å². The van der Waals surface area contributed by atoms with Crippen LogP contribution in [0.4, 0.5) is 0 Å². The molecular weight excluding hydrogens is 180 g/mol. The van der Waals surface area contributed by atoms with E-state index in [1.165, 1.54) is 0 Å². The van der Waals surface area contributed by atoms with Crippen molar-refractivity contribution < 1.29 is 9.47 Å². The summed E-state index contributed by atoms with van der Waals surface area (Å²) in [6.07, 6.45) is 0. The molecule has 0 saturated carbocycles. The van der Waals surface area contributed by atoms with Gasteiger partial charge >= 0.3 is 0 Å². The second-order valence-electron chi connectivity index (χ2n) is 3.95. The van der Waals surface area contributed by atoms with Crippen molar-refractivity contribution in [2.45, 2.75) is 19.0 Å². The highest BCUT2D eigenvalue weighted by atomic mass is 16.5. The van der Waals surface area contributed by atoms with E-state index in [0.717, 1.165) is 46.1 Å². The molecule has 0 aromatic heterocycles. The molecule has 82 valence electrons. The Morgan fingerprint density at radius 2 is 1.79 bits per heavy atom. The molecule has 0 unspecified atom stereocenters. The molecule has 2 fully saturated rings. The fourth-order valence-corrected chi connectivity index (χ4v) is 2.12. The molecule has 0 amide bonds. The molecule has 4 nitrogen and oxygen atoms in total. The summed E-state index contributed by atoms with van der Waals surface area (Å²) in [4.78, 5) is 2.50. The zero-order valence-corrected chi connectivity index (χ0v) is 8.87. The molecule has 2 saturated heterocycles. The quantitative estimate of drug-likeness (QED) is 0.678. The van der Waals surface area contributed by atoms with E-state index in [4.69, 9.17) is 9.47 Å². The molecule has 0 aliphatic carbocycles. The van der Waals surface area contributed by atoms with Crippen LogP contribution in [0, 0.1) is 0 Å². The van der Waals surface area contributed by atoms with Gasteiger partial charge in [0, 0.05) is 19.1 Å². The van der Waals surface area contributed by atoms with Crippen molar-refractivity contribution in [1.29, 1.82) is 0 Å². The third kappa shape index (κ3) is 2.25. The molecule has 0 aromatic carbocycles. The minimum Gasteiger partial charge on any atom is -0.377 e. The number of nitrogens with one attached hydrogen (secondary N) is 1. The maximum atomic E-state index is 5.52. The predicted molar refractivity (Wildman–Crippen MR) is 54.5 cm³/mol. The lowest BCUT2D eigenvalue weighted by molar-refractivity contribution is 0.0287. The Morgan fingerprint density at radius 1 is 1.14 bits per heavy atom. The standard InChI is InChI=1S/C10H20N2O2/c1-2-12(9-5-11-6-9)10-7-13-3-4-14-8-10/h9-11H,2-8H2,1H3. The number of hydrogen-bond donors (Lipinski definition) is 1. The first kappa shape index (κ1) is 10.4. The van der Waals surface area contributed by atoms with Gasteiger partial charge in [-0.2, -0.15) is 0 Å². The summed E-state index contributed by atoms with van der Waals surface area (Å²) in [5.74, 6) is 0. The van der Waals surface area contributed by atoms with Gasteiger partial charge in [0.25, 0.3) is 0 Å². The van der Waals surface area contributed by atoms with Crippen molar-refractivity contribution in [3.05, 3.63) is 0 Å². The number of nitrogens with zero attached hydrogens (tertiary/aromatic N) is 1. The van der Waals surface area contributed by atoms with E-state index in [1.807, 2.05) is 0 Å². The van der Waals surface area contributed by atoms with E-state index in [0.29, 0.717) is 12.1 Å². The minimum absolute atomic E-state index is 0.453. The summed E-state index contributed by atoms with van der Waals surface area (Å²) >= 11 is 0. The zero-order chi connectivity index (χ0) is 9.80. The number of likely N-dealkylation sites (N-methyl/N-ethyl adjacent to an activating group) is 1. The van der Waals surface area contributed by atoms with Crippen LogP contribution in [0.25, 0.3) is 0 Å². The van der Waals surface area contributed by atoms with E-state index in [2.05, 4.69) is 17.1 Å². The molecule has 0 bridgehead atoms. The van der Waals surface area contributed by atoms with Crippen LogP contribution in [0.3, 0.4) is 0 Å². The lowest BCUT2D eigenvalue weighted by Crippen LogP contribution is -2.61. The molecule has 2 heterocycles. The van der Waals surface area contributed by atoms with Crippen LogP contribution in [-0.2, 0) is 9.47 Å². The van der Waals surface area contributed by atoms with Gasteiger partial charge in [-0.25, -0.2) is 0 Å². The van der Waals surface area contributed by atoms with Gasteiger partial charge in [0.15, 0.2) is 0 Å². The van der Waals surface area contributed by atoms with Crippen LogP contribution in [0.15, 0.2) is 0 Å². The molecule has 0 radical (unpaired) electrons. The van der Waals surface area contributed by atoms with Crippen LogP contribution in [0.2, 0.25) is 0 Å². The Balaban J connectivity index is 1.87. The number of rotatable bonds is 3. The highest BCUT2D eigenvalue weighted by molar-refractivity contribution is 4.88. The molecule has 0 spiro atoms. The zero-order valence-electron chi connectivity index (χ0n) is 8.87. The fraction of sp³-hybridized carbons (Fsp3) is 1.00. The molecule has 4 heteroatoms. The molecule has 2 aliphatic rings. The Bertz CT molecular complexity index is 166. The molecule has 0 atom stereocenters. The Hall–Kier alpha value is -0.160. The molecule has 2 aliphatic heterocycles. The van der Waals surface area contributed by atoms with Crippen molar-refractivity contribution in [2.75, 3.05) is 46.1 Å². The van der Waals surface area contributed by atoms with E-state index < -0.39 is 0 Å². The summed E-state index contributed by atoms with van der Waals surface area (Å²) in [7, 11) is 0. The van der Waals surface area contributed by atoms with Gasteiger partial charge in [0.05, 0.1) is 32.5 Å². The number of ether oxygens (including phenoxy) is 2. The highest BCUT2D eigenvalue weighted by Crippen LogP contribution is 2.12. The molecule has 0 aromatic rings. The Kier molecular flexibility index (Phi) is 3.75. The summed E-state index contributed by atoms with van der Waals surface area (Å²) < 4.78 is 11.0. The normalized spacial score (nSPS) is 26.1. The molecule has 1 N–H and O–H groups in total. The van der Waals surface area contributed by atoms with Crippen LogP contribution >= 0.6 is 0 Å². The second kappa shape index (κ2) is 5.07. The van der Waals surface area contributed by atoms with Gasteiger partial charge in [-0.05, 0) is 6.54 Å². The topological polar surface area (TPSA) is 33.7 Å². The van der Waals surface area contributed by atoms with E-state index in [1.54, 1.807) is 0 Å². The third-order valence-corrected chi connectivity index (χ3v) is 3.06. The van der Waals surface area contributed by atoms with Crippen molar-refractivity contribution in [3.8, 4) is 0 Å². The van der Waals surface area contributed by atoms with Gasteiger partial charge in [0.2, 0.25) is 0 Å². The lowest BCUT2D eigenvalue weighted by Gasteiger charge is -2.41. The molecular formula is C10H20N2O2. The number of hydrogen-bond acceptors (Lipinski definition) is 4. The van der Waals surface area contributed by atoms with Crippen molar-refractivity contribution in [1.82, 2.24) is 10.2 Å². The van der Waals surface area contributed by atoms with E-state index >= 15 is 0 Å². The van der Waals surface area contributed by atoms with Gasteiger partial charge in [-0.15, -0.1) is 0 Å². The monoisotopic (exact) mass is 200 g/mol. The Morgan fingerprint density at radius 3 is 2.21 bits per heavy atom. The van der Waals surface area contributed by atoms with Crippen molar-refractivity contribution in [2.24, 2.45) is 0 Å². The van der Waals surface area contributed by atoms with Gasteiger partial charge < -0.3 is 14.8 Å². The van der Waals surface area contributed by atoms with Crippen molar-refractivity contribution >= 4 is 0 Å². The van der Waals surface area contributed by atoms with Crippen LogP contribution < -0.4 is 5.32 Å². The summed E-state index contributed by atoms with van der Waals surface area (Å²) in [6.45, 7) is 8.67. The maximum Gasteiger partial charge on any atom is 0.0701 e. The second-order valence-corrected chi connectivity index (χ2v) is 3.95. The average Bonchev–Trinajstić information content (AvgIpc) is 2.38. The molecule has 2 rings (SSSR count). The van der Waals surface area contributed by atoms with Gasteiger partial charge in [-0.3, -0.25) is 4.90 Å². The summed E-state index contributed by atoms with van der Waals surface area (Å²) in [5, 5.41) is 3.31. The average molecular weight is 200 g/mol. The SMILES string of the molecule is CCN(C1CNC1)C1COCCOC1. The minimum atomic E-state index is 0.453. The lowest BCUT2D eigenvalue weighted by atomic mass is 10.1.